The van der Waals surface area contributed by atoms with E-state index < -0.39 is 0 Å². The molecule has 0 fully saturated rings. The predicted molar refractivity (Wildman–Crippen MR) is 91.6 cm³/mol. The summed E-state index contributed by atoms with van der Waals surface area (Å²) in [6.45, 7) is 9.16. The third-order valence-corrected chi connectivity index (χ3v) is 3.97. The average Bonchev–Trinajstić information content (AvgIpc) is 2.80. The molecule has 1 aromatic heterocycles. The fourth-order valence-corrected chi connectivity index (χ4v) is 2.60. The first-order valence-electron chi connectivity index (χ1n) is 7.26. The van der Waals surface area contributed by atoms with Gasteiger partial charge in [0.25, 0.3) is 0 Å². The van der Waals surface area contributed by atoms with Gasteiger partial charge >= 0.3 is 0 Å². The van der Waals surface area contributed by atoms with Gasteiger partial charge < -0.3 is 9.47 Å². The molecule has 118 valence electrons. The van der Waals surface area contributed by atoms with Gasteiger partial charge in [0, 0.05) is 16.5 Å². The summed E-state index contributed by atoms with van der Waals surface area (Å²) in [5.74, 6) is 1.55. The molecule has 1 aromatic carbocycles. The molecule has 22 heavy (non-hydrogen) atoms. The van der Waals surface area contributed by atoms with E-state index in [9.17, 15) is 0 Å². The van der Waals surface area contributed by atoms with Gasteiger partial charge in [-0.1, -0.05) is 0 Å². The fourth-order valence-electron chi connectivity index (χ4n) is 1.84. The Morgan fingerprint density at radius 3 is 2.64 bits per heavy atom. The second kappa shape index (κ2) is 7.79. The van der Waals surface area contributed by atoms with Gasteiger partial charge in [0.05, 0.1) is 25.1 Å². The molecule has 0 saturated carbocycles. The molecular weight excluding hydrogens is 298 g/mol. The number of aromatic nitrogens is 1. The number of benzene rings is 1. The van der Waals surface area contributed by atoms with Crippen molar-refractivity contribution >= 4 is 22.7 Å². The van der Waals surface area contributed by atoms with Crippen molar-refractivity contribution in [3.8, 4) is 11.5 Å². The maximum Gasteiger partial charge on any atom is 0.203 e. The monoisotopic (exact) mass is 319 g/mol. The topological polar surface area (TPSA) is 55.7 Å². The molecule has 0 saturated heterocycles. The molecule has 1 heterocycles. The number of aryl methyl sites for hydroxylation is 2. The van der Waals surface area contributed by atoms with Crippen molar-refractivity contribution in [3.63, 3.8) is 0 Å². The number of hydrogen-bond acceptors (Lipinski definition) is 6. The molecule has 0 spiro atoms. The molecule has 0 unspecified atom stereocenters. The van der Waals surface area contributed by atoms with Gasteiger partial charge in [0.15, 0.2) is 0 Å². The van der Waals surface area contributed by atoms with E-state index in [0.29, 0.717) is 13.2 Å². The Kier molecular flexibility index (Phi) is 5.77. The van der Waals surface area contributed by atoms with E-state index in [1.54, 1.807) is 17.6 Å². The number of hydrazone groups is 1. The smallest absolute Gasteiger partial charge is 0.203 e. The Balaban J connectivity index is 2.11. The lowest BCUT2D eigenvalue weighted by atomic mass is 10.2. The summed E-state index contributed by atoms with van der Waals surface area (Å²) in [5, 5.41) is 5.02. The van der Waals surface area contributed by atoms with Gasteiger partial charge in [0.1, 0.15) is 11.5 Å². The number of hydrogen-bond donors (Lipinski definition) is 1. The van der Waals surface area contributed by atoms with Gasteiger partial charge in [0.2, 0.25) is 5.13 Å². The van der Waals surface area contributed by atoms with Crippen LogP contribution in [-0.2, 0) is 0 Å². The van der Waals surface area contributed by atoms with Gasteiger partial charge in [-0.2, -0.15) is 5.10 Å². The van der Waals surface area contributed by atoms with Crippen molar-refractivity contribution in [2.75, 3.05) is 18.6 Å². The van der Waals surface area contributed by atoms with Crippen LogP contribution in [0.5, 0.6) is 11.5 Å². The second-order valence-corrected chi connectivity index (χ2v) is 5.80. The molecule has 0 aliphatic heterocycles. The summed E-state index contributed by atoms with van der Waals surface area (Å²) in [6.07, 6.45) is 1.73. The number of thiazole rings is 1. The van der Waals surface area contributed by atoms with Crippen molar-refractivity contribution in [2.24, 2.45) is 5.10 Å². The SMILES string of the molecule is CCOc1ccc(C=NNc2nc(C)c(C)s2)c(OCC)c1. The maximum atomic E-state index is 5.64. The van der Waals surface area contributed by atoms with Crippen LogP contribution in [0.1, 0.15) is 30.0 Å². The van der Waals surface area contributed by atoms with Crippen molar-refractivity contribution in [1.82, 2.24) is 4.98 Å². The number of nitrogens with zero attached hydrogens (tertiary/aromatic N) is 2. The molecule has 0 aliphatic rings. The minimum absolute atomic E-state index is 0.592. The first-order chi connectivity index (χ1) is 10.6. The van der Waals surface area contributed by atoms with Crippen molar-refractivity contribution < 1.29 is 9.47 Å². The van der Waals surface area contributed by atoms with Crippen molar-refractivity contribution in [3.05, 3.63) is 34.3 Å². The first kappa shape index (κ1) is 16.3. The summed E-state index contributed by atoms with van der Waals surface area (Å²) in [4.78, 5) is 5.57. The lowest BCUT2D eigenvalue weighted by molar-refractivity contribution is 0.323. The van der Waals surface area contributed by atoms with E-state index in [1.807, 2.05) is 45.9 Å². The molecule has 0 aliphatic carbocycles. The van der Waals surface area contributed by atoms with Crippen molar-refractivity contribution in [2.45, 2.75) is 27.7 Å². The molecule has 0 radical (unpaired) electrons. The fraction of sp³-hybridized carbons (Fsp3) is 0.375. The maximum absolute atomic E-state index is 5.64. The van der Waals surface area contributed by atoms with Gasteiger partial charge in [-0.05, 0) is 39.8 Å². The van der Waals surface area contributed by atoms with E-state index in [1.165, 1.54) is 4.88 Å². The number of anilines is 1. The van der Waals surface area contributed by atoms with Crippen LogP contribution in [-0.4, -0.2) is 24.4 Å². The van der Waals surface area contributed by atoms with E-state index >= 15 is 0 Å². The van der Waals surface area contributed by atoms with E-state index in [0.717, 1.165) is 27.9 Å². The first-order valence-corrected chi connectivity index (χ1v) is 8.08. The van der Waals surface area contributed by atoms with Crippen LogP contribution in [0.2, 0.25) is 0 Å². The normalized spacial score (nSPS) is 10.9. The third kappa shape index (κ3) is 4.21. The van der Waals surface area contributed by atoms with Crippen LogP contribution in [0.3, 0.4) is 0 Å². The van der Waals surface area contributed by atoms with Gasteiger partial charge in [-0.3, -0.25) is 5.43 Å². The van der Waals surface area contributed by atoms with Crippen LogP contribution in [0, 0.1) is 13.8 Å². The average molecular weight is 319 g/mol. The predicted octanol–water partition coefficient (Wildman–Crippen LogP) is 4.00. The number of ether oxygens (including phenoxy) is 2. The Bertz CT molecular complexity index is 633. The van der Waals surface area contributed by atoms with Crippen LogP contribution in [0.15, 0.2) is 23.3 Å². The molecule has 2 aromatic rings. The molecule has 0 bridgehead atoms. The summed E-state index contributed by atoms with van der Waals surface area (Å²) in [5.41, 5.74) is 4.87. The Morgan fingerprint density at radius 1 is 1.23 bits per heavy atom. The number of nitrogens with one attached hydrogen (secondary N) is 1. The molecule has 6 heteroatoms. The summed E-state index contributed by atoms with van der Waals surface area (Å²) < 4.78 is 11.1. The Labute approximate surface area is 135 Å². The largest absolute Gasteiger partial charge is 0.494 e. The summed E-state index contributed by atoms with van der Waals surface area (Å²) in [7, 11) is 0. The Hall–Kier alpha value is -2.08. The molecule has 2 rings (SSSR count). The molecule has 0 amide bonds. The minimum atomic E-state index is 0.592. The highest BCUT2D eigenvalue weighted by Gasteiger charge is 2.05. The highest BCUT2D eigenvalue weighted by molar-refractivity contribution is 7.15. The zero-order valence-electron chi connectivity index (χ0n) is 13.3. The lowest BCUT2D eigenvalue weighted by Gasteiger charge is -2.09. The zero-order chi connectivity index (χ0) is 15.9. The van der Waals surface area contributed by atoms with Crippen LogP contribution < -0.4 is 14.9 Å². The Morgan fingerprint density at radius 2 is 2.00 bits per heavy atom. The molecule has 0 atom stereocenters. The quantitative estimate of drug-likeness (QED) is 0.619. The van der Waals surface area contributed by atoms with Gasteiger partial charge in [-0.25, -0.2) is 4.98 Å². The molecule has 1 N–H and O–H groups in total. The van der Waals surface area contributed by atoms with Crippen LogP contribution >= 0.6 is 11.3 Å². The summed E-state index contributed by atoms with van der Waals surface area (Å²) in [6, 6.07) is 5.72. The van der Waals surface area contributed by atoms with E-state index in [4.69, 9.17) is 9.47 Å². The summed E-state index contributed by atoms with van der Waals surface area (Å²) >= 11 is 1.59. The third-order valence-electron chi connectivity index (χ3n) is 2.99. The highest BCUT2D eigenvalue weighted by atomic mass is 32.1. The molecule has 5 nitrogen and oxygen atoms in total. The highest BCUT2D eigenvalue weighted by Crippen LogP contribution is 2.24. The molecular formula is C16H21N3O2S. The van der Waals surface area contributed by atoms with Crippen LogP contribution in [0.25, 0.3) is 0 Å². The number of rotatable bonds is 7. The van der Waals surface area contributed by atoms with E-state index in [2.05, 4.69) is 15.5 Å². The second-order valence-electron chi connectivity index (χ2n) is 4.60. The zero-order valence-corrected chi connectivity index (χ0v) is 14.2. The van der Waals surface area contributed by atoms with Crippen molar-refractivity contribution in [1.29, 1.82) is 0 Å². The van der Waals surface area contributed by atoms with Crippen LogP contribution in [0.4, 0.5) is 5.13 Å². The van der Waals surface area contributed by atoms with Gasteiger partial charge in [-0.15, -0.1) is 11.3 Å². The van der Waals surface area contributed by atoms with E-state index in [-0.39, 0.29) is 0 Å². The standard InChI is InChI=1S/C16H21N3O2S/c1-5-20-14-8-7-13(15(9-14)21-6-2)10-17-19-16-18-11(3)12(4)22-16/h7-10H,5-6H2,1-4H3,(H,18,19). The minimum Gasteiger partial charge on any atom is -0.494 e. The lowest BCUT2D eigenvalue weighted by Crippen LogP contribution is -1.99.